The number of allylic oxidation sites excluding steroid dienone is 4. The van der Waals surface area contributed by atoms with E-state index in [0.717, 1.165) is 18.4 Å². The van der Waals surface area contributed by atoms with Crippen molar-refractivity contribution < 1.29 is 9.90 Å². The molecule has 72 valence electrons. The minimum atomic E-state index is -0.807. The van der Waals surface area contributed by atoms with Gasteiger partial charge in [-0.3, -0.25) is 4.79 Å². The maximum absolute atomic E-state index is 10.3. The van der Waals surface area contributed by atoms with Crippen molar-refractivity contribution in [2.24, 2.45) is 0 Å². The van der Waals surface area contributed by atoms with Crippen molar-refractivity contribution in [3.63, 3.8) is 0 Å². The lowest BCUT2D eigenvalue weighted by Crippen LogP contribution is -1.91. The molecule has 2 heteroatoms. The molecule has 0 fully saturated rings. The predicted molar refractivity (Wildman–Crippen MR) is 54.6 cm³/mol. The Hall–Kier alpha value is -1.31. The largest absolute Gasteiger partial charge is 0.481 e. The zero-order chi connectivity index (χ0) is 10.1. The fourth-order valence-corrected chi connectivity index (χ4v) is 0.854. The van der Waals surface area contributed by atoms with Crippen LogP contribution in [0, 0.1) is 0 Å². The number of aliphatic carboxylic acids is 1. The van der Waals surface area contributed by atoms with Crippen molar-refractivity contribution in [3.05, 3.63) is 36.5 Å². The Balaban J connectivity index is 4.01. The molecule has 1 N–H and O–H groups in total. The van der Waals surface area contributed by atoms with Gasteiger partial charge in [-0.1, -0.05) is 37.8 Å². The Morgan fingerprint density at radius 3 is 2.54 bits per heavy atom. The van der Waals surface area contributed by atoms with E-state index in [-0.39, 0.29) is 6.42 Å². The monoisotopic (exact) mass is 180 g/mol. The maximum atomic E-state index is 10.3. The van der Waals surface area contributed by atoms with Crippen LogP contribution in [-0.4, -0.2) is 11.1 Å². The fraction of sp³-hybridized carbons (Fsp3) is 0.364. The molecular formula is C11H16O2. The van der Waals surface area contributed by atoms with Crippen molar-refractivity contribution in [2.45, 2.75) is 26.2 Å². The summed E-state index contributed by atoms with van der Waals surface area (Å²) in [4.78, 5) is 10.3. The highest BCUT2D eigenvalue weighted by Crippen LogP contribution is 2.05. The van der Waals surface area contributed by atoms with Gasteiger partial charge in [-0.2, -0.15) is 0 Å². The smallest absolute Gasteiger partial charge is 0.307 e. The lowest BCUT2D eigenvalue weighted by Gasteiger charge is -1.95. The molecule has 0 saturated heterocycles. The van der Waals surface area contributed by atoms with Gasteiger partial charge in [-0.25, -0.2) is 0 Å². The third-order valence-corrected chi connectivity index (χ3v) is 1.56. The van der Waals surface area contributed by atoms with Crippen molar-refractivity contribution >= 4 is 5.97 Å². The Morgan fingerprint density at radius 2 is 2.08 bits per heavy atom. The average molecular weight is 180 g/mol. The molecule has 0 aromatic carbocycles. The first-order valence-electron chi connectivity index (χ1n) is 4.39. The van der Waals surface area contributed by atoms with Crippen molar-refractivity contribution in [3.8, 4) is 0 Å². The van der Waals surface area contributed by atoms with Crippen molar-refractivity contribution in [1.29, 1.82) is 0 Å². The predicted octanol–water partition coefficient (Wildman–Crippen LogP) is 2.93. The second-order valence-electron chi connectivity index (χ2n) is 2.66. The second kappa shape index (κ2) is 7.35. The molecule has 13 heavy (non-hydrogen) atoms. The van der Waals surface area contributed by atoms with E-state index in [4.69, 9.17) is 5.11 Å². The topological polar surface area (TPSA) is 37.3 Å². The van der Waals surface area contributed by atoms with E-state index in [0.29, 0.717) is 0 Å². The van der Waals surface area contributed by atoms with Crippen LogP contribution in [0.2, 0.25) is 0 Å². The van der Waals surface area contributed by atoms with E-state index in [1.165, 1.54) is 0 Å². The summed E-state index contributed by atoms with van der Waals surface area (Å²) in [5.41, 5.74) is 0.965. The molecular weight excluding hydrogens is 164 g/mol. The zero-order valence-corrected chi connectivity index (χ0v) is 7.99. The van der Waals surface area contributed by atoms with Crippen LogP contribution in [0.5, 0.6) is 0 Å². The van der Waals surface area contributed by atoms with E-state index in [1.54, 1.807) is 12.2 Å². The molecule has 0 amide bonds. The van der Waals surface area contributed by atoms with Gasteiger partial charge in [0.05, 0.1) is 6.42 Å². The average Bonchev–Trinajstić information content (AvgIpc) is 2.10. The van der Waals surface area contributed by atoms with Crippen LogP contribution in [0.25, 0.3) is 0 Å². The van der Waals surface area contributed by atoms with Gasteiger partial charge in [0, 0.05) is 0 Å². The molecule has 2 nitrogen and oxygen atoms in total. The number of carbonyl (C=O) groups is 1. The highest BCUT2D eigenvalue weighted by molar-refractivity contribution is 5.68. The van der Waals surface area contributed by atoms with Crippen LogP contribution in [0.15, 0.2) is 36.5 Å². The van der Waals surface area contributed by atoms with E-state index < -0.39 is 5.97 Å². The summed E-state index contributed by atoms with van der Waals surface area (Å²) in [6.07, 6.45) is 9.31. The molecule has 0 aliphatic heterocycles. The van der Waals surface area contributed by atoms with Crippen LogP contribution >= 0.6 is 0 Å². The summed E-state index contributed by atoms with van der Waals surface area (Å²) in [6, 6.07) is 0. The first kappa shape index (κ1) is 11.7. The molecule has 0 aromatic heterocycles. The first-order chi connectivity index (χ1) is 6.20. The Bertz CT molecular complexity index is 224. The Labute approximate surface area is 79.3 Å². The first-order valence-corrected chi connectivity index (χ1v) is 4.39. The molecule has 0 saturated carbocycles. The molecule has 0 aromatic rings. The van der Waals surface area contributed by atoms with Crippen LogP contribution in [-0.2, 0) is 4.79 Å². The highest BCUT2D eigenvalue weighted by atomic mass is 16.4. The van der Waals surface area contributed by atoms with Gasteiger partial charge < -0.3 is 5.11 Å². The normalized spacial score (nSPS) is 11.9. The van der Waals surface area contributed by atoms with E-state index in [2.05, 4.69) is 19.6 Å². The summed E-state index contributed by atoms with van der Waals surface area (Å²) in [6.45, 7) is 5.68. The van der Waals surface area contributed by atoms with Gasteiger partial charge in [0.1, 0.15) is 0 Å². The fourth-order valence-electron chi connectivity index (χ4n) is 0.854. The third-order valence-electron chi connectivity index (χ3n) is 1.56. The van der Waals surface area contributed by atoms with Crippen molar-refractivity contribution in [2.75, 3.05) is 0 Å². The molecule has 0 rings (SSSR count). The summed E-state index contributed by atoms with van der Waals surface area (Å²) >= 11 is 0. The van der Waals surface area contributed by atoms with Crippen molar-refractivity contribution in [1.82, 2.24) is 0 Å². The van der Waals surface area contributed by atoms with Gasteiger partial charge in [0.25, 0.3) is 0 Å². The van der Waals surface area contributed by atoms with Crippen LogP contribution in [0.1, 0.15) is 26.2 Å². The summed E-state index contributed by atoms with van der Waals surface area (Å²) < 4.78 is 0. The van der Waals surface area contributed by atoms with Gasteiger partial charge >= 0.3 is 5.97 Å². The molecule has 0 spiro atoms. The molecule has 0 heterocycles. The Kier molecular flexibility index (Phi) is 6.60. The lowest BCUT2D eigenvalue weighted by atomic mass is 10.1. The summed E-state index contributed by atoms with van der Waals surface area (Å²) in [5.74, 6) is -0.807. The van der Waals surface area contributed by atoms with E-state index >= 15 is 0 Å². The molecule has 0 radical (unpaired) electrons. The number of carboxylic acid groups (broad SMARTS) is 1. The third kappa shape index (κ3) is 7.06. The molecule has 0 bridgehead atoms. The van der Waals surface area contributed by atoms with Crippen LogP contribution in [0.4, 0.5) is 0 Å². The minimum Gasteiger partial charge on any atom is -0.481 e. The second-order valence-corrected chi connectivity index (χ2v) is 2.66. The van der Waals surface area contributed by atoms with E-state index in [1.807, 2.05) is 6.08 Å². The van der Waals surface area contributed by atoms with Gasteiger partial charge in [0.2, 0.25) is 0 Å². The number of carboxylic acids is 1. The Morgan fingerprint density at radius 1 is 1.38 bits per heavy atom. The molecule has 0 aliphatic carbocycles. The van der Waals surface area contributed by atoms with Crippen LogP contribution in [0.3, 0.4) is 0 Å². The molecule has 0 aliphatic rings. The van der Waals surface area contributed by atoms with E-state index in [9.17, 15) is 4.79 Å². The highest BCUT2D eigenvalue weighted by Gasteiger charge is 1.93. The molecule has 0 atom stereocenters. The quantitative estimate of drug-likeness (QED) is 0.504. The SMILES string of the molecule is C=C/C(=C/CC(=O)O)C/C=C/CC. The summed E-state index contributed by atoms with van der Waals surface area (Å²) in [7, 11) is 0. The summed E-state index contributed by atoms with van der Waals surface area (Å²) in [5, 5.41) is 8.43. The van der Waals surface area contributed by atoms with Gasteiger partial charge in [-0.15, -0.1) is 0 Å². The van der Waals surface area contributed by atoms with Gasteiger partial charge in [0.15, 0.2) is 0 Å². The zero-order valence-electron chi connectivity index (χ0n) is 7.99. The number of hydrogen-bond acceptors (Lipinski definition) is 1. The molecule has 0 unspecified atom stereocenters. The van der Waals surface area contributed by atoms with Crippen LogP contribution < -0.4 is 0 Å². The van der Waals surface area contributed by atoms with Gasteiger partial charge in [-0.05, 0) is 18.4 Å². The lowest BCUT2D eigenvalue weighted by molar-refractivity contribution is -0.136. The minimum absolute atomic E-state index is 0.0708. The standard InChI is InChI=1S/C11H16O2/c1-3-5-6-7-10(4-2)8-9-11(12)13/h4-6,8H,2-3,7,9H2,1H3,(H,12,13)/b6-5+,10-8-. The maximum Gasteiger partial charge on any atom is 0.307 e. The number of rotatable bonds is 6. The number of hydrogen-bond donors (Lipinski definition) is 1.